The van der Waals surface area contributed by atoms with E-state index in [0.717, 1.165) is 5.69 Å². The molecule has 7 nitrogen and oxygen atoms in total. The third-order valence-corrected chi connectivity index (χ3v) is 2.91. The van der Waals surface area contributed by atoms with E-state index in [1.807, 2.05) is 11.6 Å². The molecule has 0 aliphatic rings. The lowest BCUT2D eigenvalue weighted by atomic mass is 10.3. The molecule has 2 rings (SSSR count). The molecular weight excluding hydrogens is 270 g/mol. The third-order valence-electron chi connectivity index (χ3n) is 2.66. The largest absolute Gasteiger partial charge is 0.461 e. The maximum Gasteiger partial charge on any atom is 0.360 e. The van der Waals surface area contributed by atoms with E-state index < -0.39 is 5.97 Å². The first kappa shape index (κ1) is 13.5. The first-order valence-corrected chi connectivity index (χ1v) is 6.31. The van der Waals surface area contributed by atoms with E-state index in [1.165, 1.54) is 0 Å². The van der Waals surface area contributed by atoms with Crippen molar-refractivity contribution >= 4 is 17.6 Å². The molecule has 0 aliphatic carbocycles. The van der Waals surface area contributed by atoms with Gasteiger partial charge >= 0.3 is 5.97 Å². The van der Waals surface area contributed by atoms with E-state index in [2.05, 4.69) is 15.3 Å². The van der Waals surface area contributed by atoms with Crippen LogP contribution in [-0.4, -0.2) is 37.1 Å². The van der Waals surface area contributed by atoms with Crippen molar-refractivity contribution < 1.29 is 9.53 Å². The van der Waals surface area contributed by atoms with Crippen molar-refractivity contribution in [3.8, 4) is 0 Å². The van der Waals surface area contributed by atoms with Gasteiger partial charge in [-0.05, 0) is 6.92 Å². The SMILES string of the molecule is CCOC(=O)c1nnn(Cc2cncn2C)c1CCl. The van der Waals surface area contributed by atoms with Gasteiger partial charge in [0.25, 0.3) is 0 Å². The number of aromatic nitrogens is 5. The van der Waals surface area contributed by atoms with Gasteiger partial charge in [-0.25, -0.2) is 14.5 Å². The number of hydrogen-bond donors (Lipinski definition) is 0. The minimum atomic E-state index is -0.505. The van der Waals surface area contributed by atoms with Crippen molar-refractivity contribution in [3.05, 3.63) is 29.6 Å². The van der Waals surface area contributed by atoms with Crippen LogP contribution in [0.15, 0.2) is 12.5 Å². The zero-order valence-corrected chi connectivity index (χ0v) is 11.5. The summed E-state index contributed by atoms with van der Waals surface area (Å²) < 4.78 is 8.36. The molecule has 0 fully saturated rings. The first-order valence-electron chi connectivity index (χ1n) is 5.78. The quantitative estimate of drug-likeness (QED) is 0.604. The molecule has 0 aromatic carbocycles. The molecule has 0 saturated carbocycles. The summed E-state index contributed by atoms with van der Waals surface area (Å²) in [5, 5.41) is 7.79. The average Bonchev–Trinajstić information content (AvgIpc) is 2.97. The molecule has 2 heterocycles. The van der Waals surface area contributed by atoms with Crippen LogP contribution in [0.5, 0.6) is 0 Å². The fourth-order valence-corrected chi connectivity index (χ4v) is 1.91. The van der Waals surface area contributed by atoms with Crippen LogP contribution in [0.3, 0.4) is 0 Å². The molecule has 8 heteroatoms. The maximum atomic E-state index is 11.7. The number of aryl methyl sites for hydroxylation is 1. The number of carbonyl (C=O) groups excluding carboxylic acids is 1. The number of ether oxygens (including phenoxy) is 1. The number of hydrogen-bond acceptors (Lipinski definition) is 5. The van der Waals surface area contributed by atoms with Crippen molar-refractivity contribution in [1.29, 1.82) is 0 Å². The van der Waals surface area contributed by atoms with Crippen molar-refractivity contribution in [2.45, 2.75) is 19.3 Å². The number of rotatable bonds is 5. The number of carbonyl (C=O) groups is 1. The lowest BCUT2D eigenvalue weighted by molar-refractivity contribution is 0.0518. The third kappa shape index (κ3) is 2.76. The minimum Gasteiger partial charge on any atom is -0.461 e. The van der Waals surface area contributed by atoms with E-state index >= 15 is 0 Å². The van der Waals surface area contributed by atoms with Crippen molar-refractivity contribution in [2.24, 2.45) is 7.05 Å². The molecule has 0 radical (unpaired) electrons. The highest BCUT2D eigenvalue weighted by atomic mass is 35.5. The molecule has 0 saturated heterocycles. The Balaban J connectivity index is 2.27. The van der Waals surface area contributed by atoms with Crippen LogP contribution in [0.1, 0.15) is 28.8 Å². The van der Waals surface area contributed by atoms with Gasteiger partial charge in [0, 0.05) is 7.05 Å². The Hall–Kier alpha value is -1.89. The van der Waals surface area contributed by atoms with Gasteiger partial charge in [0.15, 0.2) is 5.69 Å². The highest BCUT2D eigenvalue weighted by molar-refractivity contribution is 6.17. The monoisotopic (exact) mass is 283 g/mol. The Morgan fingerprint density at radius 1 is 1.53 bits per heavy atom. The van der Waals surface area contributed by atoms with Crippen molar-refractivity contribution in [1.82, 2.24) is 24.5 Å². The second-order valence-corrected chi connectivity index (χ2v) is 4.16. The van der Waals surface area contributed by atoms with Gasteiger partial charge in [-0.2, -0.15) is 0 Å². The number of halogens is 1. The average molecular weight is 284 g/mol. The van der Waals surface area contributed by atoms with Crippen molar-refractivity contribution in [2.75, 3.05) is 6.61 Å². The molecule has 2 aromatic rings. The van der Waals surface area contributed by atoms with Crippen LogP contribution < -0.4 is 0 Å². The topological polar surface area (TPSA) is 74.8 Å². The van der Waals surface area contributed by atoms with Gasteiger partial charge in [0.2, 0.25) is 0 Å². The predicted octanol–water partition coefficient (Wildman–Crippen LogP) is 0.975. The summed E-state index contributed by atoms with van der Waals surface area (Å²) in [6.45, 7) is 2.47. The predicted molar refractivity (Wildman–Crippen MR) is 67.8 cm³/mol. The normalized spacial score (nSPS) is 10.7. The lowest BCUT2D eigenvalue weighted by Gasteiger charge is -2.05. The Morgan fingerprint density at radius 2 is 2.32 bits per heavy atom. The Morgan fingerprint density at radius 3 is 2.89 bits per heavy atom. The van der Waals surface area contributed by atoms with Crippen LogP contribution in [0.25, 0.3) is 0 Å². The highest BCUT2D eigenvalue weighted by Gasteiger charge is 2.20. The molecule has 102 valence electrons. The van der Waals surface area contributed by atoms with E-state index in [1.54, 1.807) is 24.1 Å². The standard InChI is InChI=1S/C11H14ClN5O2/c1-3-19-11(18)10-9(4-12)17(15-14-10)6-8-5-13-7-16(8)2/h5,7H,3-4,6H2,1-2H3. The number of nitrogens with zero attached hydrogens (tertiary/aromatic N) is 5. The van der Waals surface area contributed by atoms with E-state index in [-0.39, 0.29) is 18.2 Å². The lowest BCUT2D eigenvalue weighted by Crippen LogP contribution is -2.11. The maximum absolute atomic E-state index is 11.7. The number of esters is 1. The summed E-state index contributed by atoms with van der Waals surface area (Å²) in [6.07, 6.45) is 3.42. The molecule has 0 amide bonds. The van der Waals surface area contributed by atoms with Crippen LogP contribution >= 0.6 is 11.6 Å². The molecule has 19 heavy (non-hydrogen) atoms. The van der Waals surface area contributed by atoms with Crippen LogP contribution in [0, 0.1) is 0 Å². The summed E-state index contributed by atoms with van der Waals surface area (Å²) in [6, 6.07) is 0. The van der Waals surface area contributed by atoms with Gasteiger partial charge in [-0.3, -0.25) is 0 Å². The van der Waals surface area contributed by atoms with Gasteiger partial charge in [0.1, 0.15) is 0 Å². The molecule has 0 N–H and O–H groups in total. The smallest absolute Gasteiger partial charge is 0.360 e. The summed E-state index contributed by atoms with van der Waals surface area (Å²) in [7, 11) is 1.88. The van der Waals surface area contributed by atoms with Gasteiger partial charge < -0.3 is 9.30 Å². The van der Waals surface area contributed by atoms with Crippen LogP contribution in [0.2, 0.25) is 0 Å². The summed E-state index contributed by atoms with van der Waals surface area (Å²) in [5.41, 5.74) is 1.65. The molecule has 0 unspecified atom stereocenters. The molecule has 0 aliphatic heterocycles. The fraction of sp³-hybridized carbons (Fsp3) is 0.455. The fourth-order valence-electron chi connectivity index (χ4n) is 1.64. The number of alkyl halides is 1. The second kappa shape index (κ2) is 5.83. The van der Waals surface area contributed by atoms with E-state index in [0.29, 0.717) is 12.2 Å². The number of imidazole rings is 1. The Labute approximate surface area is 115 Å². The molecular formula is C11H14ClN5O2. The van der Waals surface area contributed by atoms with Gasteiger partial charge in [-0.15, -0.1) is 16.7 Å². The Kier molecular flexibility index (Phi) is 4.16. The van der Waals surface area contributed by atoms with Crippen LogP contribution in [-0.2, 0) is 24.2 Å². The Bertz CT molecular complexity index is 577. The molecule has 0 atom stereocenters. The molecule has 2 aromatic heterocycles. The summed E-state index contributed by atoms with van der Waals surface area (Å²) >= 11 is 5.87. The first-order chi connectivity index (χ1) is 9.17. The molecule has 0 bridgehead atoms. The highest BCUT2D eigenvalue weighted by Crippen LogP contribution is 2.12. The van der Waals surface area contributed by atoms with Gasteiger partial charge in [0.05, 0.1) is 42.9 Å². The molecule has 0 spiro atoms. The zero-order chi connectivity index (χ0) is 13.8. The summed E-state index contributed by atoms with van der Waals surface area (Å²) in [4.78, 5) is 15.7. The van der Waals surface area contributed by atoms with E-state index in [4.69, 9.17) is 16.3 Å². The van der Waals surface area contributed by atoms with Gasteiger partial charge in [-0.1, -0.05) is 5.21 Å². The minimum absolute atomic E-state index is 0.138. The summed E-state index contributed by atoms with van der Waals surface area (Å²) in [5.74, 6) is -0.367. The second-order valence-electron chi connectivity index (χ2n) is 3.89. The zero-order valence-electron chi connectivity index (χ0n) is 10.7. The van der Waals surface area contributed by atoms with E-state index in [9.17, 15) is 4.79 Å². The van der Waals surface area contributed by atoms with Crippen LogP contribution in [0.4, 0.5) is 0 Å². The van der Waals surface area contributed by atoms with Crippen molar-refractivity contribution in [3.63, 3.8) is 0 Å².